The highest BCUT2D eigenvalue weighted by Crippen LogP contribution is 2.53. The van der Waals surface area contributed by atoms with Crippen molar-refractivity contribution in [3.8, 4) is 0 Å². The lowest BCUT2D eigenvalue weighted by molar-refractivity contribution is -0.388. The van der Waals surface area contributed by atoms with Crippen LogP contribution in [-0.4, -0.2) is 34.8 Å². The smallest absolute Gasteiger partial charge is 0.305 e. The lowest BCUT2D eigenvalue weighted by Gasteiger charge is -2.32. The molecule has 12 heteroatoms. The summed E-state index contributed by atoms with van der Waals surface area (Å²) in [7, 11) is 0. The summed E-state index contributed by atoms with van der Waals surface area (Å²) in [5.41, 5.74) is 0.476. The van der Waals surface area contributed by atoms with Crippen LogP contribution in [-0.2, 0) is 4.79 Å². The third-order valence-corrected chi connectivity index (χ3v) is 2.58. The van der Waals surface area contributed by atoms with E-state index in [1.54, 1.807) is 0 Å². The molecule has 0 atom stereocenters. The number of hydrogen-bond acceptors (Lipinski definition) is 2. The van der Waals surface area contributed by atoms with Crippen LogP contribution in [0.2, 0.25) is 0 Å². The van der Waals surface area contributed by atoms with E-state index in [1.165, 1.54) is 13.0 Å². The number of anilines is 1. The van der Waals surface area contributed by atoms with E-state index in [9.17, 15) is 44.3 Å². The van der Waals surface area contributed by atoms with E-state index in [4.69, 9.17) is 0 Å². The van der Waals surface area contributed by atoms with E-state index >= 15 is 0 Å². The van der Waals surface area contributed by atoms with Crippen molar-refractivity contribution in [3.05, 3.63) is 23.9 Å². The first-order valence-electron chi connectivity index (χ1n) is 5.59. The molecule has 0 radical (unpaired) electrons. The van der Waals surface area contributed by atoms with Crippen molar-refractivity contribution in [2.24, 2.45) is 0 Å². The van der Waals surface area contributed by atoms with Crippen molar-refractivity contribution in [1.29, 1.82) is 0 Å². The topological polar surface area (TPSA) is 42.0 Å². The number of halogens is 9. The number of carbonyl (C=O) groups is 1. The highest BCUT2D eigenvalue weighted by atomic mass is 19.4. The molecule has 0 aliphatic rings. The van der Waals surface area contributed by atoms with Crippen LogP contribution >= 0.6 is 0 Å². The maximum atomic E-state index is 13.2. The average Bonchev–Trinajstić information content (AvgIpc) is 2.39. The molecule has 1 N–H and O–H groups in total. The zero-order chi connectivity index (χ0) is 18.3. The predicted molar refractivity (Wildman–Crippen MR) is 58.5 cm³/mol. The molecule has 3 nitrogen and oxygen atoms in total. The molecule has 0 bridgehead atoms. The van der Waals surface area contributed by atoms with Gasteiger partial charge in [-0.1, -0.05) is 6.07 Å². The number of nitrogens with zero attached hydrogens (tertiary/aromatic N) is 1. The van der Waals surface area contributed by atoms with Crippen LogP contribution in [0.3, 0.4) is 0 Å². The summed E-state index contributed by atoms with van der Waals surface area (Å²) in [6.45, 7) is 1.49. The van der Waals surface area contributed by atoms with Crippen molar-refractivity contribution in [3.63, 3.8) is 0 Å². The van der Waals surface area contributed by atoms with E-state index in [2.05, 4.69) is 4.98 Å². The van der Waals surface area contributed by atoms with E-state index in [0.717, 1.165) is 17.6 Å². The first-order valence-corrected chi connectivity index (χ1v) is 5.59. The van der Waals surface area contributed by atoms with Crippen molar-refractivity contribution < 1.29 is 44.3 Å². The van der Waals surface area contributed by atoms with Crippen molar-refractivity contribution in [2.45, 2.75) is 30.9 Å². The van der Waals surface area contributed by atoms with Gasteiger partial charge in [0.1, 0.15) is 5.82 Å². The molecule has 0 saturated carbocycles. The molecule has 1 amide bonds. The van der Waals surface area contributed by atoms with Crippen LogP contribution in [0, 0.1) is 6.92 Å². The Bertz CT molecular complexity index is 580. The van der Waals surface area contributed by atoms with Crippen LogP contribution in [0.25, 0.3) is 0 Å². The molecule has 23 heavy (non-hydrogen) atoms. The fourth-order valence-electron chi connectivity index (χ4n) is 1.25. The van der Waals surface area contributed by atoms with E-state index in [1.807, 2.05) is 0 Å². The Labute approximate surface area is 122 Å². The van der Waals surface area contributed by atoms with Crippen LogP contribution in [0.1, 0.15) is 5.56 Å². The van der Waals surface area contributed by atoms with Crippen LogP contribution in [0.5, 0.6) is 0 Å². The second-order valence-electron chi connectivity index (χ2n) is 4.40. The fourth-order valence-corrected chi connectivity index (χ4v) is 1.25. The number of carbonyl (C=O) groups excluding carboxylic acids is 1. The molecule has 1 rings (SSSR count). The zero-order valence-electron chi connectivity index (χ0n) is 11.0. The van der Waals surface area contributed by atoms with Crippen molar-refractivity contribution in [1.82, 2.24) is 4.98 Å². The van der Waals surface area contributed by atoms with Crippen molar-refractivity contribution >= 4 is 11.7 Å². The summed E-state index contributed by atoms with van der Waals surface area (Å²) < 4.78 is 113. The molecule has 0 aromatic carbocycles. The Balaban J connectivity index is 3.13. The molecule has 0 saturated heterocycles. The summed E-state index contributed by atoms with van der Waals surface area (Å²) in [5, 5.41) is 1.06. The first kappa shape index (κ1) is 19.0. The average molecular weight is 354 g/mol. The largest absolute Gasteiger partial charge is 0.460 e. The molecule has 0 fully saturated rings. The van der Waals surface area contributed by atoms with Crippen LogP contribution < -0.4 is 5.32 Å². The molecular weight excluding hydrogens is 347 g/mol. The Kier molecular flexibility index (Phi) is 4.61. The predicted octanol–water partition coefficient (Wildman–Crippen LogP) is 3.80. The van der Waals surface area contributed by atoms with Gasteiger partial charge in [-0.2, -0.15) is 39.5 Å². The molecule has 0 aliphatic heterocycles. The van der Waals surface area contributed by atoms with Gasteiger partial charge >= 0.3 is 29.9 Å². The Morgan fingerprint density at radius 3 is 1.87 bits per heavy atom. The van der Waals surface area contributed by atoms with E-state index in [-0.39, 0.29) is 0 Å². The standard InChI is InChI=1S/C11H7F9N2O/c1-5-2-3-6(21-4-5)22-7(23)8(12,13)9(14,15)10(16,17)11(18,19)20/h2-4H,1H3,(H,21,22,23). The summed E-state index contributed by atoms with van der Waals surface area (Å²) in [5.74, 6) is -24.3. The molecule has 0 unspecified atom stereocenters. The van der Waals surface area contributed by atoms with Gasteiger partial charge in [-0.3, -0.25) is 4.79 Å². The van der Waals surface area contributed by atoms with E-state index < -0.39 is 35.7 Å². The summed E-state index contributed by atoms with van der Waals surface area (Å²) >= 11 is 0. The molecule has 1 aromatic rings. The first-order chi connectivity index (χ1) is 10.1. The quantitative estimate of drug-likeness (QED) is 0.836. The summed E-state index contributed by atoms with van der Waals surface area (Å²) in [6.07, 6.45) is -5.97. The maximum Gasteiger partial charge on any atom is 0.460 e. The number of aromatic nitrogens is 1. The SMILES string of the molecule is Cc1ccc(NC(=O)C(F)(F)C(F)(F)C(F)(F)C(F)(F)F)nc1. The number of aryl methyl sites for hydroxylation is 1. The molecular formula is C11H7F9N2O. The minimum atomic E-state index is -7.12. The molecule has 1 aromatic heterocycles. The van der Waals surface area contributed by atoms with Gasteiger partial charge in [0.05, 0.1) is 0 Å². The van der Waals surface area contributed by atoms with Gasteiger partial charge in [0.2, 0.25) is 0 Å². The summed E-state index contributed by atoms with van der Waals surface area (Å²) in [4.78, 5) is 14.4. The number of rotatable bonds is 4. The molecule has 1 heterocycles. The molecule has 0 spiro atoms. The van der Waals surface area contributed by atoms with Gasteiger partial charge in [-0.25, -0.2) is 4.98 Å². The van der Waals surface area contributed by atoms with Gasteiger partial charge in [0.15, 0.2) is 0 Å². The minimum absolute atomic E-state index is 0.476. The zero-order valence-corrected chi connectivity index (χ0v) is 11.0. The van der Waals surface area contributed by atoms with Crippen LogP contribution in [0.15, 0.2) is 18.3 Å². The highest BCUT2D eigenvalue weighted by Gasteiger charge is 2.83. The van der Waals surface area contributed by atoms with Gasteiger partial charge < -0.3 is 5.32 Å². The van der Waals surface area contributed by atoms with Gasteiger partial charge in [0.25, 0.3) is 0 Å². The fraction of sp³-hybridized carbons (Fsp3) is 0.455. The Hall–Kier alpha value is -2.01. The minimum Gasteiger partial charge on any atom is -0.305 e. The lowest BCUT2D eigenvalue weighted by atomic mass is 10.0. The van der Waals surface area contributed by atoms with Gasteiger partial charge in [-0.05, 0) is 18.6 Å². The van der Waals surface area contributed by atoms with Gasteiger partial charge in [0, 0.05) is 6.20 Å². The second kappa shape index (κ2) is 5.57. The second-order valence-corrected chi connectivity index (χ2v) is 4.40. The summed E-state index contributed by atoms with van der Waals surface area (Å²) in [6, 6.07) is 2.06. The number of hydrogen-bond donors (Lipinski definition) is 1. The third-order valence-electron chi connectivity index (χ3n) is 2.58. The van der Waals surface area contributed by atoms with Crippen LogP contribution in [0.4, 0.5) is 45.3 Å². The number of amides is 1. The lowest BCUT2D eigenvalue weighted by Crippen LogP contribution is -2.64. The number of pyridine rings is 1. The van der Waals surface area contributed by atoms with Crippen molar-refractivity contribution in [2.75, 3.05) is 5.32 Å². The molecule has 0 aliphatic carbocycles. The Morgan fingerprint density at radius 1 is 0.957 bits per heavy atom. The maximum absolute atomic E-state index is 13.2. The third kappa shape index (κ3) is 3.20. The highest BCUT2D eigenvalue weighted by molar-refractivity contribution is 5.96. The number of alkyl halides is 9. The van der Waals surface area contributed by atoms with E-state index in [0.29, 0.717) is 5.56 Å². The number of nitrogens with one attached hydrogen (secondary N) is 1. The normalized spacial score (nSPS) is 13.8. The molecule has 130 valence electrons. The monoisotopic (exact) mass is 354 g/mol. The van der Waals surface area contributed by atoms with Gasteiger partial charge in [-0.15, -0.1) is 0 Å². The Morgan fingerprint density at radius 2 is 1.48 bits per heavy atom.